The third-order valence-electron chi connectivity index (χ3n) is 5.39. The fourth-order valence-electron chi connectivity index (χ4n) is 3.63. The van der Waals surface area contributed by atoms with Crippen LogP contribution in [0.4, 0.5) is 5.69 Å². The molecular formula is C20H28N4O3S. The number of nitrogens with one attached hydrogen (secondary N) is 1. The van der Waals surface area contributed by atoms with Gasteiger partial charge in [-0.05, 0) is 51.7 Å². The first-order chi connectivity index (χ1) is 13.2. The second-order valence-corrected chi connectivity index (χ2v) is 9.44. The van der Waals surface area contributed by atoms with E-state index in [9.17, 15) is 13.2 Å². The number of sulfonamides is 1. The molecule has 1 aromatic carbocycles. The molecule has 3 rings (SSSR count). The minimum atomic E-state index is -3.63. The van der Waals surface area contributed by atoms with Crippen molar-refractivity contribution in [3.63, 3.8) is 0 Å². The van der Waals surface area contributed by atoms with Crippen molar-refractivity contribution in [2.75, 3.05) is 18.4 Å². The third-order valence-corrected chi connectivity index (χ3v) is 7.54. The molecule has 1 amide bonds. The number of aromatic nitrogens is 2. The van der Waals surface area contributed by atoms with Gasteiger partial charge in [0.05, 0.1) is 11.4 Å². The van der Waals surface area contributed by atoms with Gasteiger partial charge < -0.3 is 5.32 Å². The van der Waals surface area contributed by atoms with Gasteiger partial charge >= 0.3 is 0 Å². The predicted octanol–water partition coefficient (Wildman–Crippen LogP) is 3.12. The zero-order valence-electron chi connectivity index (χ0n) is 16.8. The normalized spacial score (nSPS) is 17.4. The molecule has 8 heteroatoms. The molecule has 152 valence electrons. The number of hydrogen-bond donors (Lipinski definition) is 1. The maximum Gasteiger partial charge on any atom is 0.248 e. The summed E-state index contributed by atoms with van der Waals surface area (Å²) in [6.07, 6.45) is 1.72. The van der Waals surface area contributed by atoms with Crippen molar-refractivity contribution in [3.05, 3.63) is 41.7 Å². The van der Waals surface area contributed by atoms with E-state index in [1.807, 2.05) is 18.2 Å². The monoisotopic (exact) mass is 404 g/mol. The van der Waals surface area contributed by atoms with Gasteiger partial charge in [-0.3, -0.25) is 9.48 Å². The second kappa shape index (κ2) is 8.05. The summed E-state index contributed by atoms with van der Waals surface area (Å²) in [5.41, 5.74) is 1.61. The molecular weight excluding hydrogens is 376 g/mol. The van der Waals surface area contributed by atoms with Crippen molar-refractivity contribution in [2.24, 2.45) is 5.92 Å². The molecule has 1 saturated heterocycles. The van der Waals surface area contributed by atoms with E-state index in [4.69, 9.17) is 0 Å². The van der Waals surface area contributed by atoms with Crippen LogP contribution in [0.3, 0.4) is 0 Å². The Bertz CT molecular complexity index is 945. The van der Waals surface area contributed by atoms with Gasteiger partial charge in [0.2, 0.25) is 15.9 Å². The summed E-state index contributed by atoms with van der Waals surface area (Å²) in [6.45, 7) is 8.31. The van der Waals surface area contributed by atoms with Crippen LogP contribution in [0, 0.1) is 19.8 Å². The van der Waals surface area contributed by atoms with Crippen molar-refractivity contribution >= 4 is 21.6 Å². The Morgan fingerprint density at radius 3 is 2.39 bits per heavy atom. The van der Waals surface area contributed by atoms with Gasteiger partial charge in [-0.15, -0.1) is 0 Å². The Balaban J connectivity index is 1.86. The van der Waals surface area contributed by atoms with Crippen LogP contribution < -0.4 is 5.32 Å². The lowest BCUT2D eigenvalue weighted by atomic mass is 10.0. The summed E-state index contributed by atoms with van der Waals surface area (Å²) < 4.78 is 29.5. The number of aryl methyl sites for hydroxylation is 1. The van der Waals surface area contributed by atoms with Crippen molar-refractivity contribution in [1.82, 2.24) is 14.1 Å². The van der Waals surface area contributed by atoms with E-state index >= 15 is 0 Å². The standard InChI is InChI=1S/C20H28N4O3S/c1-14-10-12-23(13-11-14)28(26,27)19-15(2)22-24(16(19)3)17(4)20(25)21-18-8-6-5-7-9-18/h5-9,14,17H,10-13H2,1-4H3,(H,21,25)/t17-/m1/s1. The number of anilines is 1. The summed E-state index contributed by atoms with van der Waals surface area (Å²) in [5.74, 6) is 0.297. The molecule has 1 aromatic heterocycles. The van der Waals surface area contributed by atoms with E-state index in [1.54, 1.807) is 37.2 Å². The second-order valence-electron chi connectivity index (χ2n) is 7.56. The van der Waals surface area contributed by atoms with Crippen molar-refractivity contribution in [3.8, 4) is 0 Å². The summed E-state index contributed by atoms with van der Waals surface area (Å²) >= 11 is 0. The molecule has 7 nitrogen and oxygen atoms in total. The van der Waals surface area contributed by atoms with Gasteiger partial charge in [-0.25, -0.2) is 8.42 Å². The molecule has 0 spiro atoms. The molecule has 0 aliphatic carbocycles. The van der Waals surface area contributed by atoms with E-state index in [0.29, 0.717) is 36.1 Å². The highest BCUT2D eigenvalue weighted by Gasteiger charge is 2.34. The van der Waals surface area contributed by atoms with E-state index < -0.39 is 16.1 Å². The smallest absolute Gasteiger partial charge is 0.248 e. The van der Waals surface area contributed by atoms with Crippen LogP contribution in [0.1, 0.15) is 44.1 Å². The van der Waals surface area contributed by atoms with E-state index in [0.717, 1.165) is 12.8 Å². The molecule has 1 fully saturated rings. The van der Waals surface area contributed by atoms with Gasteiger partial charge in [-0.1, -0.05) is 25.1 Å². The van der Waals surface area contributed by atoms with Gasteiger partial charge in [0.15, 0.2) is 0 Å². The number of amides is 1. The third kappa shape index (κ3) is 3.98. The number of carbonyl (C=O) groups is 1. The molecule has 0 radical (unpaired) electrons. The fourth-order valence-corrected chi connectivity index (χ4v) is 5.46. The average molecular weight is 405 g/mol. The lowest BCUT2D eigenvalue weighted by Crippen LogP contribution is -2.38. The Kier molecular flexibility index (Phi) is 5.90. The molecule has 0 bridgehead atoms. The van der Waals surface area contributed by atoms with Gasteiger partial charge in [0, 0.05) is 18.8 Å². The molecule has 1 aliphatic heterocycles. The fraction of sp³-hybridized carbons (Fsp3) is 0.500. The molecule has 1 atom stereocenters. The van der Waals surface area contributed by atoms with E-state index in [-0.39, 0.29) is 10.8 Å². The molecule has 28 heavy (non-hydrogen) atoms. The number of benzene rings is 1. The summed E-state index contributed by atoms with van der Waals surface area (Å²) in [5, 5.41) is 7.24. The highest BCUT2D eigenvalue weighted by molar-refractivity contribution is 7.89. The molecule has 2 heterocycles. The van der Waals surface area contributed by atoms with Gasteiger partial charge in [-0.2, -0.15) is 9.40 Å². The maximum absolute atomic E-state index is 13.2. The molecule has 0 unspecified atom stereocenters. The number of carbonyl (C=O) groups excluding carboxylic acids is 1. The topological polar surface area (TPSA) is 84.3 Å². The first-order valence-electron chi connectivity index (χ1n) is 9.63. The van der Waals surface area contributed by atoms with Crippen molar-refractivity contribution < 1.29 is 13.2 Å². The molecule has 0 saturated carbocycles. The van der Waals surface area contributed by atoms with Crippen LogP contribution in [0.2, 0.25) is 0 Å². The lowest BCUT2D eigenvalue weighted by molar-refractivity contribution is -0.119. The summed E-state index contributed by atoms with van der Waals surface area (Å²) in [7, 11) is -3.63. The average Bonchev–Trinajstić information content (AvgIpc) is 2.97. The van der Waals surface area contributed by atoms with Crippen LogP contribution in [0.15, 0.2) is 35.2 Å². The minimum Gasteiger partial charge on any atom is -0.324 e. The highest BCUT2D eigenvalue weighted by atomic mass is 32.2. The molecule has 1 N–H and O–H groups in total. The van der Waals surface area contributed by atoms with Crippen LogP contribution in [-0.2, 0) is 14.8 Å². The zero-order valence-corrected chi connectivity index (χ0v) is 17.7. The zero-order chi connectivity index (χ0) is 20.5. The number of rotatable bonds is 5. The minimum absolute atomic E-state index is 0.224. The first kappa shape index (κ1) is 20.5. The van der Waals surface area contributed by atoms with Gasteiger partial charge in [0.25, 0.3) is 0 Å². The first-order valence-corrected chi connectivity index (χ1v) is 11.1. The van der Waals surface area contributed by atoms with Crippen LogP contribution in [0.5, 0.6) is 0 Å². The number of hydrogen-bond acceptors (Lipinski definition) is 4. The SMILES string of the molecule is Cc1nn([C@H](C)C(=O)Nc2ccccc2)c(C)c1S(=O)(=O)N1CCC(C)CC1. The molecule has 1 aliphatic rings. The summed E-state index contributed by atoms with van der Waals surface area (Å²) in [6, 6.07) is 8.53. The van der Waals surface area contributed by atoms with Crippen LogP contribution in [0.25, 0.3) is 0 Å². The van der Waals surface area contributed by atoms with Gasteiger partial charge in [0.1, 0.15) is 10.9 Å². The van der Waals surface area contributed by atoms with E-state index in [1.165, 1.54) is 4.68 Å². The molecule has 2 aromatic rings. The quantitative estimate of drug-likeness (QED) is 0.830. The number of para-hydroxylation sites is 1. The largest absolute Gasteiger partial charge is 0.324 e. The Labute approximate surface area is 166 Å². The lowest BCUT2D eigenvalue weighted by Gasteiger charge is -2.29. The van der Waals surface area contributed by atoms with E-state index in [2.05, 4.69) is 17.3 Å². The Morgan fingerprint density at radius 1 is 1.18 bits per heavy atom. The van der Waals surface area contributed by atoms with Crippen LogP contribution in [-0.4, -0.2) is 41.5 Å². The Morgan fingerprint density at radius 2 is 1.79 bits per heavy atom. The summed E-state index contributed by atoms with van der Waals surface area (Å²) in [4.78, 5) is 12.9. The highest BCUT2D eigenvalue weighted by Crippen LogP contribution is 2.29. The van der Waals surface area contributed by atoms with Crippen molar-refractivity contribution in [2.45, 2.75) is 51.5 Å². The van der Waals surface area contributed by atoms with Crippen molar-refractivity contribution in [1.29, 1.82) is 0 Å². The predicted molar refractivity (Wildman–Crippen MR) is 109 cm³/mol. The number of piperidine rings is 1. The Hall–Kier alpha value is -2.19. The number of nitrogens with zero attached hydrogens (tertiary/aromatic N) is 3. The maximum atomic E-state index is 13.2. The van der Waals surface area contributed by atoms with Crippen LogP contribution >= 0.6 is 0 Å².